The van der Waals surface area contributed by atoms with Crippen LogP contribution in [-0.4, -0.2) is 17.7 Å². The van der Waals surface area contributed by atoms with E-state index in [0.717, 1.165) is 28.5 Å². The van der Waals surface area contributed by atoms with E-state index in [9.17, 15) is 4.79 Å². The molecule has 1 N–H and O–H groups in total. The number of hydrogen-bond donors (Lipinski definition) is 1. The van der Waals surface area contributed by atoms with Crippen LogP contribution < -0.4 is 4.74 Å². The van der Waals surface area contributed by atoms with Crippen LogP contribution in [0.4, 0.5) is 0 Å². The molecule has 106 valence electrons. The van der Waals surface area contributed by atoms with Crippen molar-refractivity contribution in [2.24, 2.45) is 0 Å². The molecule has 0 bridgehead atoms. The van der Waals surface area contributed by atoms with Crippen LogP contribution in [0.5, 0.6) is 5.75 Å². The summed E-state index contributed by atoms with van der Waals surface area (Å²) < 4.78 is 6.73. The van der Waals surface area contributed by atoms with Crippen LogP contribution in [0.3, 0.4) is 0 Å². The molecular formula is C16H17BrO3. The predicted molar refractivity (Wildman–Crippen MR) is 83.2 cm³/mol. The molecule has 0 saturated heterocycles. The maximum absolute atomic E-state index is 10.4. The number of unbranched alkanes of at least 4 members (excludes halogenated alkanes) is 2. The number of fused-ring (bicyclic) bond motifs is 1. The Morgan fingerprint density at radius 1 is 1.10 bits per heavy atom. The molecule has 20 heavy (non-hydrogen) atoms. The Balaban J connectivity index is 1.87. The van der Waals surface area contributed by atoms with Gasteiger partial charge in [0.25, 0.3) is 0 Å². The Labute approximate surface area is 126 Å². The molecule has 2 aromatic rings. The third kappa shape index (κ3) is 3.97. The molecule has 0 fully saturated rings. The first kappa shape index (κ1) is 14.9. The molecule has 0 radical (unpaired) electrons. The second kappa shape index (κ2) is 7.29. The molecule has 0 heterocycles. The van der Waals surface area contributed by atoms with Gasteiger partial charge in [-0.3, -0.25) is 4.79 Å². The first-order valence-corrected chi connectivity index (χ1v) is 7.49. The topological polar surface area (TPSA) is 46.5 Å². The number of benzene rings is 2. The minimum atomic E-state index is -0.733. The van der Waals surface area contributed by atoms with Crippen molar-refractivity contribution in [2.75, 3.05) is 6.61 Å². The van der Waals surface area contributed by atoms with E-state index in [0.29, 0.717) is 13.0 Å². The minimum absolute atomic E-state index is 0.236. The number of carbonyl (C=O) groups is 1. The third-order valence-electron chi connectivity index (χ3n) is 3.12. The highest BCUT2D eigenvalue weighted by Gasteiger charge is 2.05. The van der Waals surface area contributed by atoms with Gasteiger partial charge in [-0.05, 0) is 52.0 Å². The summed E-state index contributed by atoms with van der Waals surface area (Å²) in [6, 6.07) is 12.1. The molecule has 0 aliphatic carbocycles. The smallest absolute Gasteiger partial charge is 0.303 e. The molecule has 0 amide bonds. The zero-order valence-electron chi connectivity index (χ0n) is 11.1. The number of rotatable bonds is 7. The molecule has 3 nitrogen and oxygen atoms in total. The molecular weight excluding hydrogens is 320 g/mol. The monoisotopic (exact) mass is 336 g/mol. The van der Waals surface area contributed by atoms with Crippen LogP contribution in [0, 0.1) is 0 Å². The van der Waals surface area contributed by atoms with Crippen molar-refractivity contribution in [1.82, 2.24) is 0 Å². The second-order valence-electron chi connectivity index (χ2n) is 4.65. The summed E-state index contributed by atoms with van der Waals surface area (Å²) in [5.41, 5.74) is 0. The summed E-state index contributed by atoms with van der Waals surface area (Å²) in [6.45, 7) is 0.608. The normalized spacial score (nSPS) is 10.7. The van der Waals surface area contributed by atoms with E-state index in [1.807, 2.05) is 24.3 Å². The number of carboxylic acid groups (broad SMARTS) is 1. The van der Waals surface area contributed by atoms with Gasteiger partial charge in [-0.1, -0.05) is 30.3 Å². The van der Waals surface area contributed by atoms with Gasteiger partial charge < -0.3 is 9.84 Å². The lowest BCUT2D eigenvalue weighted by molar-refractivity contribution is -0.137. The molecule has 2 rings (SSSR count). The Kier molecular flexibility index (Phi) is 5.41. The van der Waals surface area contributed by atoms with E-state index in [1.54, 1.807) is 0 Å². The van der Waals surface area contributed by atoms with Crippen LogP contribution in [0.2, 0.25) is 0 Å². The fourth-order valence-corrected chi connectivity index (χ4v) is 2.67. The van der Waals surface area contributed by atoms with E-state index >= 15 is 0 Å². The quantitative estimate of drug-likeness (QED) is 0.750. The summed E-state index contributed by atoms with van der Waals surface area (Å²) in [6.07, 6.45) is 2.68. The largest absolute Gasteiger partial charge is 0.492 e. The van der Waals surface area contributed by atoms with Crippen LogP contribution in [0.25, 0.3) is 10.8 Å². The predicted octanol–water partition coefficient (Wildman–Crippen LogP) is 4.63. The molecule has 0 aromatic heterocycles. The molecule has 0 spiro atoms. The molecule has 0 aliphatic rings. The molecule has 0 aliphatic heterocycles. The number of carboxylic acids is 1. The van der Waals surface area contributed by atoms with E-state index in [-0.39, 0.29) is 6.42 Å². The van der Waals surface area contributed by atoms with Crippen molar-refractivity contribution in [2.45, 2.75) is 25.7 Å². The number of hydrogen-bond acceptors (Lipinski definition) is 2. The van der Waals surface area contributed by atoms with Gasteiger partial charge >= 0.3 is 5.97 Å². The summed E-state index contributed by atoms with van der Waals surface area (Å²) in [5.74, 6) is 0.102. The van der Waals surface area contributed by atoms with Gasteiger partial charge in [0.15, 0.2) is 0 Å². The Morgan fingerprint density at radius 3 is 2.70 bits per heavy atom. The van der Waals surface area contributed by atoms with Crippen molar-refractivity contribution < 1.29 is 14.6 Å². The highest BCUT2D eigenvalue weighted by Crippen LogP contribution is 2.33. The Morgan fingerprint density at radius 2 is 1.90 bits per heavy atom. The summed E-state index contributed by atoms with van der Waals surface area (Å²) >= 11 is 3.58. The zero-order valence-corrected chi connectivity index (χ0v) is 12.7. The Bertz CT molecular complexity index is 595. The second-order valence-corrected chi connectivity index (χ2v) is 5.44. The van der Waals surface area contributed by atoms with Gasteiger partial charge in [0.1, 0.15) is 5.75 Å². The van der Waals surface area contributed by atoms with Crippen molar-refractivity contribution in [1.29, 1.82) is 0 Å². The SMILES string of the molecule is O=C(O)CCCCCOc1ccc2ccccc2c1Br. The van der Waals surface area contributed by atoms with Gasteiger partial charge in [-0.25, -0.2) is 0 Å². The van der Waals surface area contributed by atoms with Crippen LogP contribution in [-0.2, 0) is 4.79 Å². The summed E-state index contributed by atoms with van der Waals surface area (Å²) in [5, 5.41) is 10.9. The van der Waals surface area contributed by atoms with E-state index in [1.165, 1.54) is 5.39 Å². The molecule has 0 saturated carbocycles. The lowest BCUT2D eigenvalue weighted by Gasteiger charge is -2.10. The number of halogens is 1. The first-order chi connectivity index (χ1) is 9.68. The van der Waals surface area contributed by atoms with Crippen molar-refractivity contribution >= 4 is 32.7 Å². The number of ether oxygens (including phenoxy) is 1. The maximum Gasteiger partial charge on any atom is 0.303 e. The van der Waals surface area contributed by atoms with Crippen LogP contribution in [0.15, 0.2) is 40.9 Å². The third-order valence-corrected chi connectivity index (χ3v) is 3.94. The van der Waals surface area contributed by atoms with Crippen molar-refractivity contribution in [3.63, 3.8) is 0 Å². The maximum atomic E-state index is 10.4. The van der Waals surface area contributed by atoms with Gasteiger partial charge in [0, 0.05) is 6.42 Å². The Hall–Kier alpha value is -1.55. The van der Waals surface area contributed by atoms with E-state index in [4.69, 9.17) is 9.84 Å². The van der Waals surface area contributed by atoms with Crippen LogP contribution >= 0.6 is 15.9 Å². The molecule has 4 heteroatoms. The van der Waals surface area contributed by atoms with Crippen molar-refractivity contribution in [3.05, 3.63) is 40.9 Å². The fraction of sp³-hybridized carbons (Fsp3) is 0.312. The van der Waals surface area contributed by atoms with E-state index in [2.05, 4.69) is 28.1 Å². The zero-order chi connectivity index (χ0) is 14.4. The average Bonchev–Trinajstić information content (AvgIpc) is 2.45. The number of aliphatic carboxylic acids is 1. The summed E-state index contributed by atoms with van der Waals surface area (Å²) in [4.78, 5) is 10.4. The summed E-state index contributed by atoms with van der Waals surface area (Å²) in [7, 11) is 0. The lowest BCUT2D eigenvalue weighted by Crippen LogP contribution is -1.99. The van der Waals surface area contributed by atoms with Gasteiger partial charge in [-0.15, -0.1) is 0 Å². The van der Waals surface area contributed by atoms with E-state index < -0.39 is 5.97 Å². The highest BCUT2D eigenvalue weighted by atomic mass is 79.9. The molecule has 0 atom stereocenters. The van der Waals surface area contributed by atoms with Gasteiger partial charge in [0.05, 0.1) is 11.1 Å². The lowest BCUT2D eigenvalue weighted by atomic mass is 10.1. The van der Waals surface area contributed by atoms with Crippen molar-refractivity contribution in [3.8, 4) is 5.75 Å². The minimum Gasteiger partial charge on any atom is -0.492 e. The standard InChI is InChI=1S/C16H17BrO3/c17-16-13-7-4-3-6-12(13)9-10-14(16)20-11-5-1-2-8-15(18)19/h3-4,6-7,9-10H,1-2,5,8,11H2,(H,18,19). The highest BCUT2D eigenvalue weighted by molar-refractivity contribution is 9.10. The first-order valence-electron chi connectivity index (χ1n) is 6.70. The van der Waals surface area contributed by atoms with Crippen LogP contribution in [0.1, 0.15) is 25.7 Å². The molecule has 2 aromatic carbocycles. The van der Waals surface area contributed by atoms with Gasteiger partial charge in [-0.2, -0.15) is 0 Å². The molecule has 0 unspecified atom stereocenters. The average molecular weight is 337 g/mol. The fourth-order valence-electron chi connectivity index (χ4n) is 2.06. The van der Waals surface area contributed by atoms with Gasteiger partial charge in [0.2, 0.25) is 0 Å².